The van der Waals surface area contributed by atoms with Gasteiger partial charge in [0, 0.05) is 25.6 Å². The zero-order chi connectivity index (χ0) is 15.7. The Balaban J connectivity index is 0.00000106. The van der Waals surface area contributed by atoms with Gasteiger partial charge in [-0.2, -0.15) is 0 Å². The summed E-state index contributed by atoms with van der Waals surface area (Å²) in [4.78, 5) is 0. The van der Waals surface area contributed by atoms with Gasteiger partial charge in [-0.05, 0) is 31.8 Å². The number of ether oxygens (including phenoxy) is 2. The average Bonchev–Trinajstić information content (AvgIpc) is 2.89. The van der Waals surface area contributed by atoms with Gasteiger partial charge >= 0.3 is 0 Å². The summed E-state index contributed by atoms with van der Waals surface area (Å²) in [6, 6.07) is -0.0472. The first kappa shape index (κ1) is 18.1. The third-order valence-corrected chi connectivity index (χ3v) is 3.59. The minimum absolute atomic E-state index is 0.0472. The Morgan fingerprint density at radius 1 is 1.48 bits per heavy atom. The van der Waals surface area contributed by atoms with E-state index in [0.29, 0.717) is 24.7 Å². The molecule has 0 radical (unpaired) electrons. The van der Waals surface area contributed by atoms with E-state index in [-0.39, 0.29) is 11.9 Å². The third-order valence-electron chi connectivity index (χ3n) is 3.59. The first-order chi connectivity index (χ1) is 10.2. The molecule has 0 spiro atoms. The fraction of sp³-hybridized carbons (Fsp3) is 0.750. The molecule has 0 saturated carbocycles. The highest BCUT2D eigenvalue weighted by Crippen LogP contribution is 2.22. The third kappa shape index (κ3) is 6.16. The standard InChI is InChI=1S/C14H22FNO3.C2H6/c1-18-14(17)13-6-10(8-16-13)9-19-12-5-3-2-4-11(15)7-12;1-2/h5,7,10,13-14,16-17H,2-4,6,8-9H2,1H3;1-2H3. The van der Waals surface area contributed by atoms with Crippen LogP contribution in [-0.4, -0.2) is 37.7 Å². The van der Waals surface area contributed by atoms with E-state index in [1.807, 2.05) is 19.9 Å². The average molecular weight is 301 g/mol. The number of hydrogen-bond donors (Lipinski definition) is 2. The van der Waals surface area contributed by atoms with E-state index < -0.39 is 6.29 Å². The normalized spacial score (nSPS) is 26.9. The van der Waals surface area contributed by atoms with Crippen LogP contribution in [0.3, 0.4) is 0 Å². The van der Waals surface area contributed by atoms with E-state index in [9.17, 15) is 9.50 Å². The van der Waals surface area contributed by atoms with Crippen molar-refractivity contribution < 1.29 is 19.0 Å². The van der Waals surface area contributed by atoms with Crippen molar-refractivity contribution in [2.24, 2.45) is 5.92 Å². The molecular weight excluding hydrogens is 273 g/mol. The van der Waals surface area contributed by atoms with Crippen molar-refractivity contribution in [3.8, 4) is 0 Å². The number of nitrogens with one attached hydrogen (secondary N) is 1. The van der Waals surface area contributed by atoms with Crippen molar-refractivity contribution in [2.45, 2.75) is 51.9 Å². The van der Waals surface area contributed by atoms with Crippen LogP contribution >= 0.6 is 0 Å². The molecule has 5 heteroatoms. The molecule has 0 aromatic heterocycles. The van der Waals surface area contributed by atoms with Crippen molar-refractivity contribution in [3.63, 3.8) is 0 Å². The van der Waals surface area contributed by atoms with E-state index >= 15 is 0 Å². The fourth-order valence-corrected chi connectivity index (χ4v) is 2.47. The summed E-state index contributed by atoms with van der Waals surface area (Å²) in [6.45, 7) is 5.32. The number of halogens is 1. The van der Waals surface area contributed by atoms with E-state index in [1.54, 1.807) is 0 Å². The van der Waals surface area contributed by atoms with Gasteiger partial charge in [-0.3, -0.25) is 0 Å². The molecular formula is C16H28FNO3. The predicted octanol–water partition coefficient (Wildman–Crippen LogP) is 2.89. The monoisotopic (exact) mass is 301 g/mol. The van der Waals surface area contributed by atoms with Crippen LogP contribution < -0.4 is 5.32 Å². The topological polar surface area (TPSA) is 50.7 Å². The number of hydrogen-bond acceptors (Lipinski definition) is 4. The molecule has 0 aromatic carbocycles. The lowest BCUT2D eigenvalue weighted by atomic mass is 10.1. The van der Waals surface area contributed by atoms with Gasteiger partial charge in [0.1, 0.15) is 11.6 Å². The highest BCUT2D eigenvalue weighted by Gasteiger charge is 2.29. The van der Waals surface area contributed by atoms with E-state index in [1.165, 1.54) is 13.2 Å². The Morgan fingerprint density at radius 3 is 2.95 bits per heavy atom. The smallest absolute Gasteiger partial charge is 0.169 e. The molecule has 1 fully saturated rings. The maximum Gasteiger partial charge on any atom is 0.169 e. The first-order valence-electron chi connectivity index (χ1n) is 7.82. The lowest BCUT2D eigenvalue weighted by molar-refractivity contribution is -0.0940. The number of aliphatic hydroxyl groups excluding tert-OH is 1. The second-order valence-electron chi connectivity index (χ2n) is 5.14. The number of allylic oxidation sites excluding steroid dienone is 3. The molecule has 3 atom stereocenters. The Kier molecular flexibility index (Phi) is 8.57. The van der Waals surface area contributed by atoms with Crippen molar-refractivity contribution in [3.05, 3.63) is 23.7 Å². The van der Waals surface area contributed by atoms with Crippen LogP contribution in [0.4, 0.5) is 4.39 Å². The summed E-state index contributed by atoms with van der Waals surface area (Å²) in [5.74, 6) is 0.835. The summed E-state index contributed by atoms with van der Waals surface area (Å²) in [5, 5.41) is 12.8. The van der Waals surface area contributed by atoms with Gasteiger partial charge < -0.3 is 19.9 Å². The molecule has 4 nitrogen and oxygen atoms in total. The van der Waals surface area contributed by atoms with Crippen LogP contribution in [0.25, 0.3) is 0 Å². The zero-order valence-electron chi connectivity index (χ0n) is 13.3. The molecule has 3 unspecified atom stereocenters. The van der Waals surface area contributed by atoms with E-state index in [4.69, 9.17) is 9.47 Å². The summed E-state index contributed by atoms with van der Waals surface area (Å²) < 4.78 is 23.8. The second-order valence-corrected chi connectivity index (χ2v) is 5.14. The Labute approximate surface area is 127 Å². The summed E-state index contributed by atoms with van der Waals surface area (Å²) in [5.41, 5.74) is 0. The lowest BCUT2D eigenvalue weighted by Gasteiger charge is -2.16. The summed E-state index contributed by atoms with van der Waals surface area (Å²) >= 11 is 0. The van der Waals surface area contributed by atoms with Crippen molar-refractivity contribution in [1.82, 2.24) is 5.32 Å². The molecule has 0 aromatic rings. The van der Waals surface area contributed by atoms with Crippen LogP contribution in [0.15, 0.2) is 23.7 Å². The Bertz CT molecular complexity index is 357. The second kappa shape index (κ2) is 9.92. The minimum Gasteiger partial charge on any atom is -0.493 e. The molecule has 2 aliphatic rings. The van der Waals surface area contributed by atoms with Crippen LogP contribution in [0.2, 0.25) is 0 Å². The zero-order valence-corrected chi connectivity index (χ0v) is 13.3. The van der Waals surface area contributed by atoms with Gasteiger partial charge in [0.25, 0.3) is 0 Å². The molecule has 1 aliphatic carbocycles. The van der Waals surface area contributed by atoms with Gasteiger partial charge in [-0.25, -0.2) is 4.39 Å². The minimum atomic E-state index is -0.778. The SMILES string of the molecule is CC.COC(O)C1CC(COC2=CCCCC(F)=C2)CN1. The number of methoxy groups -OCH3 is 1. The highest BCUT2D eigenvalue weighted by atomic mass is 19.1. The molecule has 21 heavy (non-hydrogen) atoms. The number of aliphatic hydroxyl groups is 1. The van der Waals surface area contributed by atoms with Crippen LogP contribution in [-0.2, 0) is 9.47 Å². The number of rotatable bonds is 5. The maximum absolute atomic E-state index is 13.3. The summed E-state index contributed by atoms with van der Waals surface area (Å²) in [7, 11) is 1.49. The molecule has 0 bridgehead atoms. The molecule has 122 valence electrons. The van der Waals surface area contributed by atoms with Gasteiger partial charge in [-0.15, -0.1) is 0 Å². The van der Waals surface area contributed by atoms with E-state index in [2.05, 4.69) is 5.32 Å². The summed E-state index contributed by atoms with van der Waals surface area (Å²) in [6.07, 6.45) is 5.63. The van der Waals surface area contributed by atoms with Crippen LogP contribution in [0.1, 0.15) is 39.5 Å². The molecule has 1 aliphatic heterocycles. The van der Waals surface area contributed by atoms with Crippen molar-refractivity contribution >= 4 is 0 Å². The molecule has 2 rings (SSSR count). The lowest BCUT2D eigenvalue weighted by Crippen LogP contribution is -2.35. The predicted molar refractivity (Wildman–Crippen MR) is 81.3 cm³/mol. The van der Waals surface area contributed by atoms with Gasteiger partial charge in [0.05, 0.1) is 12.6 Å². The molecule has 1 saturated heterocycles. The fourth-order valence-electron chi connectivity index (χ4n) is 2.47. The quantitative estimate of drug-likeness (QED) is 0.767. The van der Waals surface area contributed by atoms with Crippen LogP contribution in [0.5, 0.6) is 0 Å². The Morgan fingerprint density at radius 2 is 2.24 bits per heavy atom. The van der Waals surface area contributed by atoms with Gasteiger partial charge in [-0.1, -0.05) is 13.8 Å². The molecule has 0 amide bonds. The first-order valence-corrected chi connectivity index (χ1v) is 7.82. The van der Waals surface area contributed by atoms with Crippen LogP contribution in [0, 0.1) is 5.92 Å². The highest BCUT2D eigenvalue weighted by molar-refractivity contribution is 5.17. The van der Waals surface area contributed by atoms with Crippen molar-refractivity contribution in [2.75, 3.05) is 20.3 Å². The Hall–Kier alpha value is -0.910. The van der Waals surface area contributed by atoms with Crippen molar-refractivity contribution in [1.29, 1.82) is 0 Å². The largest absolute Gasteiger partial charge is 0.493 e. The maximum atomic E-state index is 13.3. The van der Waals surface area contributed by atoms with Gasteiger partial charge in [0.2, 0.25) is 0 Å². The van der Waals surface area contributed by atoms with E-state index in [0.717, 1.165) is 25.8 Å². The molecule has 2 N–H and O–H groups in total. The molecule has 1 heterocycles. The van der Waals surface area contributed by atoms with Gasteiger partial charge in [0.15, 0.2) is 6.29 Å².